The average Bonchev–Trinajstić information content (AvgIpc) is 3.18. The van der Waals surface area contributed by atoms with Crippen LogP contribution >= 0.6 is 11.3 Å². The first-order valence-corrected chi connectivity index (χ1v) is 9.47. The minimum Gasteiger partial charge on any atom is -0.305 e. The summed E-state index contributed by atoms with van der Waals surface area (Å²) in [4.78, 5) is 32.1. The number of anilines is 2. The molecule has 2 saturated heterocycles. The largest absolute Gasteiger partial charge is 0.305 e. The van der Waals surface area contributed by atoms with Crippen molar-refractivity contribution in [2.24, 2.45) is 11.8 Å². The maximum Gasteiger partial charge on any atom is 0.247 e. The van der Waals surface area contributed by atoms with E-state index >= 15 is 0 Å². The van der Waals surface area contributed by atoms with Gasteiger partial charge in [0.2, 0.25) is 11.8 Å². The quantitative estimate of drug-likeness (QED) is 0.855. The van der Waals surface area contributed by atoms with E-state index in [1.807, 2.05) is 54.6 Å². The Kier molecular flexibility index (Phi) is 4.47. The van der Waals surface area contributed by atoms with Crippen LogP contribution in [-0.4, -0.2) is 47.9 Å². The zero-order chi connectivity index (χ0) is 18.3. The van der Waals surface area contributed by atoms with Gasteiger partial charge in [-0.05, 0) is 26.1 Å². The van der Waals surface area contributed by atoms with Gasteiger partial charge in [-0.25, -0.2) is 15.4 Å². The number of hydrogen-bond donors (Lipinski definition) is 2. The van der Waals surface area contributed by atoms with Gasteiger partial charge in [0.05, 0.1) is 29.3 Å². The number of rotatable bonds is 3. The van der Waals surface area contributed by atoms with E-state index in [9.17, 15) is 9.59 Å². The molecule has 136 valence electrons. The molecule has 2 amide bonds. The topological polar surface area (TPSA) is 77.6 Å². The highest BCUT2D eigenvalue weighted by Crippen LogP contribution is 2.32. The summed E-state index contributed by atoms with van der Waals surface area (Å²) in [6.07, 6.45) is 0. The van der Waals surface area contributed by atoms with Crippen LogP contribution in [0.4, 0.5) is 10.8 Å². The molecule has 3 heterocycles. The molecule has 7 nitrogen and oxygen atoms in total. The van der Waals surface area contributed by atoms with Crippen molar-refractivity contribution in [3.63, 3.8) is 0 Å². The lowest BCUT2D eigenvalue weighted by atomic mass is 9.84. The van der Waals surface area contributed by atoms with Gasteiger partial charge in [-0.1, -0.05) is 18.2 Å². The standard InChI is InChI=1S/C18H21N5O2S/c1-11-10-26-18(19-11)20-16(24)13-8-22(2)9-14-15(13)21-23(17(14)25)12-6-4-3-5-7-12/h3-7,10,13-15,21H,8-9H2,1-2H3,(H,19,20,24). The Morgan fingerprint density at radius 2 is 2.08 bits per heavy atom. The zero-order valence-corrected chi connectivity index (χ0v) is 15.5. The number of para-hydroxylation sites is 1. The smallest absolute Gasteiger partial charge is 0.247 e. The zero-order valence-electron chi connectivity index (χ0n) is 14.7. The Labute approximate surface area is 156 Å². The summed E-state index contributed by atoms with van der Waals surface area (Å²) in [5.41, 5.74) is 4.96. The van der Waals surface area contributed by atoms with Crippen LogP contribution in [0.5, 0.6) is 0 Å². The van der Waals surface area contributed by atoms with Crippen LogP contribution in [0.25, 0.3) is 0 Å². The van der Waals surface area contributed by atoms with Gasteiger partial charge in [0.1, 0.15) is 0 Å². The minimum atomic E-state index is -0.333. The molecule has 2 aromatic rings. The third-order valence-electron chi connectivity index (χ3n) is 4.90. The van der Waals surface area contributed by atoms with Crippen molar-refractivity contribution in [2.45, 2.75) is 13.0 Å². The van der Waals surface area contributed by atoms with Gasteiger partial charge in [0, 0.05) is 18.5 Å². The van der Waals surface area contributed by atoms with Crippen molar-refractivity contribution in [2.75, 3.05) is 30.5 Å². The summed E-state index contributed by atoms with van der Waals surface area (Å²) in [5, 5.41) is 6.99. The third-order valence-corrected chi connectivity index (χ3v) is 5.78. The SMILES string of the molecule is Cc1csc(NC(=O)C2CN(C)CC3C(=O)N(c4ccccc4)NC23)n1. The van der Waals surface area contributed by atoms with Crippen LogP contribution in [0.2, 0.25) is 0 Å². The number of aromatic nitrogens is 1. The van der Waals surface area contributed by atoms with Crippen molar-refractivity contribution in [1.82, 2.24) is 15.3 Å². The van der Waals surface area contributed by atoms with Crippen molar-refractivity contribution in [1.29, 1.82) is 0 Å². The van der Waals surface area contributed by atoms with E-state index in [1.54, 1.807) is 5.01 Å². The predicted molar refractivity (Wildman–Crippen MR) is 101 cm³/mol. The lowest BCUT2D eigenvalue weighted by Gasteiger charge is -2.36. The summed E-state index contributed by atoms with van der Waals surface area (Å²) in [6.45, 7) is 3.13. The summed E-state index contributed by atoms with van der Waals surface area (Å²) >= 11 is 1.41. The van der Waals surface area contributed by atoms with Gasteiger partial charge in [-0.2, -0.15) is 0 Å². The molecule has 0 spiro atoms. The number of nitrogens with zero attached hydrogens (tertiary/aromatic N) is 3. The molecule has 0 bridgehead atoms. The molecule has 8 heteroatoms. The van der Waals surface area contributed by atoms with Gasteiger partial charge in [0.15, 0.2) is 5.13 Å². The van der Waals surface area contributed by atoms with Crippen molar-refractivity contribution < 1.29 is 9.59 Å². The van der Waals surface area contributed by atoms with Gasteiger partial charge in [-0.15, -0.1) is 11.3 Å². The molecular weight excluding hydrogens is 350 g/mol. The van der Waals surface area contributed by atoms with E-state index in [-0.39, 0.29) is 29.7 Å². The second kappa shape index (κ2) is 6.79. The lowest BCUT2D eigenvalue weighted by molar-refractivity contribution is -0.125. The number of hydrazine groups is 1. The lowest BCUT2D eigenvalue weighted by Crippen LogP contribution is -2.55. The number of likely N-dealkylation sites (tertiary alicyclic amines) is 1. The van der Waals surface area contributed by atoms with Gasteiger partial charge in [0.25, 0.3) is 0 Å². The maximum atomic E-state index is 12.9. The molecular formula is C18H21N5O2S. The number of piperidine rings is 1. The van der Waals surface area contributed by atoms with E-state index < -0.39 is 0 Å². The molecule has 0 saturated carbocycles. The highest BCUT2D eigenvalue weighted by atomic mass is 32.1. The number of carbonyl (C=O) groups is 2. The second-order valence-electron chi connectivity index (χ2n) is 6.88. The van der Waals surface area contributed by atoms with Crippen LogP contribution in [0.3, 0.4) is 0 Å². The molecule has 1 aromatic carbocycles. The fraction of sp³-hybridized carbons (Fsp3) is 0.389. The number of thiazole rings is 1. The van der Waals surface area contributed by atoms with Gasteiger partial charge < -0.3 is 10.2 Å². The highest BCUT2D eigenvalue weighted by molar-refractivity contribution is 7.13. The van der Waals surface area contributed by atoms with Crippen molar-refractivity contribution in [3.05, 3.63) is 41.4 Å². The first-order valence-electron chi connectivity index (χ1n) is 8.59. The molecule has 2 aliphatic rings. The van der Waals surface area contributed by atoms with Crippen LogP contribution in [-0.2, 0) is 9.59 Å². The number of benzene rings is 1. The first kappa shape index (κ1) is 17.1. The average molecular weight is 371 g/mol. The molecule has 1 aromatic heterocycles. The summed E-state index contributed by atoms with van der Waals surface area (Å²) in [7, 11) is 1.95. The van der Waals surface area contributed by atoms with E-state index in [1.165, 1.54) is 11.3 Å². The maximum absolute atomic E-state index is 12.9. The number of aryl methyl sites for hydroxylation is 1. The monoisotopic (exact) mass is 371 g/mol. The van der Waals surface area contributed by atoms with Crippen LogP contribution in [0, 0.1) is 18.8 Å². The fourth-order valence-electron chi connectivity index (χ4n) is 3.68. The molecule has 2 aliphatic heterocycles. The normalized spacial score (nSPS) is 26.0. The predicted octanol–water partition coefficient (Wildman–Crippen LogP) is 1.49. The highest BCUT2D eigenvalue weighted by Gasteiger charge is 2.50. The first-order chi connectivity index (χ1) is 12.5. The number of carbonyl (C=O) groups excluding carboxylic acids is 2. The summed E-state index contributed by atoms with van der Waals surface area (Å²) < 4.78 is 0. The molecule has 4 rings (SSSR count). The number of hydrogen-bond acceptors (Lipinski definition) is 6. The van der Waals surface area contributed by atoms with E-state index in [4.69, 9.17) is 0 Å². The van der Waals surface area contributed by atoms with E-state index in [0.717, 1.165) is 11.4 Å². The van der Waals surface area contributed by atoms with Gasteiger partial charge in [-0.3, -0.25) is 9.59 Å². The van der Waals surface area contributed by atoms with E-state index in [0.29, 0.717) is 18.2 Å². The Morgan fingerprint density at radius 3 is 2.77 bits per heavy atom. The molecule has 2 fully saturated rings. The number of nitrogens with one attached hydrogen (secondary N) is 2. The van der Waals surface area contributed by atoms with Crippen molar-refractivity contribution in [3.8, 4) is 0 Å². The van der Waals surface area contributed by atoms with Gasteiger partial charge >= 0.3 is 0 Å². The van der Waals surface area contributed by atoms with Crippen LogP contribution in [0.1, 0.15) is 5.69 Å². The number of amides is 2. The summed E-state index contributed by atoms with van der Waals surface area (Å²) in [6, 6.07) is 9.26. The molecule has 26 heavy (non-hydrogen) atoms. The summed E-state index contributed by atoms with van der Waals surface area (Å²) in [5.74, 6) is -0.671. The van der Waals surface area contributed by atoms with E-state index in [2.05, 4.69) is 15.7 Å². The molecule has 3 atom stereocenters. The van der Waals surface area contributed by atoms with Crippen LogP contribution in [0.15, 0.2) is 35.7 Å². The molecule has 3 unspecified atom stereocenters. The van der Waals surface area contributed by atoms with Crippen molar-refractivity contribution >= 4 is 34.0 Å². The molecule has 2 N–H and O–H groups in total. The minimum absolute atomic E-state index is 0.00985. The Bertz CT molecular complexity index is 824. The second-order valence-corrected chi connectivity index (χ2v) is 7.74. The fourth-order valence-corrected chi connectivity index (χ4v) is 4.37. The Morgan fingerprint density at radius 1 is 1.31 bits per heavy atom. The molecule has 0 aliphatic carbocycles. The third kappa shape index (κ3) is 3.11. The number of fused-ring (bicyclic) bond motifs is 1. The Balaban J connectivity index is 1.56. The Hall–Kier alpha value is -2.29. The van der Waals surface area contributed by atoms with Crippen LogP contribution < -0.4 is 15.8 Å². The molecule has 0 radical (unpaired) electrons.